The van der Waals surface area contributed by atoms with Gasteiger partial charge >= 0.3 is 5.97 Å². The SMILES string of the molecule is CC(CNC(=O)CCCC(=O)N(C)C)CC(=O)O. The molecule has 0 aliphatic heterocycles. The third kappa shape index (κ3) is 8.55. The molecule has 18 heavy (non-hydrogen) atoms. The van der Waals surface area contributed by atoms with E-state index in [0.29, 0.717) is 25.8 Å². The van der Waals surface area contributed by atoms with Crippen molar-refractivity contribution in [1.29, 1.82) is 0 Å². The molecule has 0 radical (unpaired) electrons. The van der Waals surface area contributed by atoms with E-state index < -0.39 is 5.97 Å². The second kappa shape index (κ2) is 8.49. The maximum absolute atomic E-state index is 11.4. The van der Waals surface area contributed by atoms with Crippen molar-refractivity contribution in [1.82, 2.24) is 10.2 Å². The van der Waals surface area contributed by atoms with Crippen molar-refractivity contribution in [2.75, 3.05) is 20.6 Å². The van der Waals surface area contributed by atoms with Crippen molar-refractivity contribution in [3.63, 3.8) is 0 Å². The summed E-state index contributed by atoms with van der Waals surface area (Å²) in [6.07, 6.45) is 1.19. The van der Waals surface area contributed by atoms with Crippen LogP contribution in [0.1, 0.15) is 32.6 Å². The summed E-state index contributed by atoms with van der Waals surface area (Å²) in [5, 5.41) is 11.2. The van der Waals surface area contributed by atoms with Crippen LogP contribution in [0.2, 0.25) is 0 Å². The zero-order valence-electron chi connectivity index (χ0n) is 11.2. The standard InChI is InChI=1S/C12H22N2O4/c1-9(7-12(17)18)8-13-10(15)5-4-6-11(16)14(2)3/h9H,4-8H2,1-3H3,(H,13,15)(H,17,18). The molecule has 6 nitrogen and oxygen atoms in total. The number of nitrogens with one attached hydrogen (secondary N) is 1. The number of nitrogens with zero attached hydrogens (tertiary/aromatic N) is 1. The summed E-state index contributed by atoms with van der Waals surface area (Å²) >= 11 is 0. The van der Waals surface area contributed by atoms with Crippen molar-refractivity contribution >= 4 is 17.8 Å². The zero-order chi connectivity index (χ0) is 14.1. The first kappa shape index (κ1) is 16.4. The van der Waals surface area contributed by atoms with E-state index in [0.717, 1.165) is 0 Å². The van der Waals surface area contributed by atoms with Gasteiger partial charge in [-0.25, -0.2) is 0 Å². The van der Waals surface area contributed by atoms with Crippen LogP contribution < -0.4 is 5.32 Å². The van der Waals surface area contributed by atoms with Gasteiger partial charge < -0.3 is 15.3 Å². The minimum Gasteiger partial charge on any atom is -0.481 e. The summed E-state index contributed by atoms with van der Waals surface area (Å²) < 4.78 is 0. The van der Waals surface area contributed by atoms with E-state index in [2.05, 4.69) is 5.32 Å². The Balaban J connectivity index is 3.66. The molecule has 2 amide bonds. The molecule has 0 bridgehead atoms. The molecule has 0 aromatic rings. The Kier molecular flexibility index (Phi) is 7.74. The summed E-state index contributed by atoms with van der Waals surface area (Å²) in [4.78, 5) is 34.5. The van der Waals surface area contributed by atoms with Crippen LogP contribution in [0.15, 0.2) is 0 Å². The van der Waals surface area contributed by atoms with Gasteiger partial charge in [0.25, 0.3) is 0 Å². The highest BCUT2D eigenvalue weighted by molar-refractivity contribution is 5.78. The average molecular weight is 258 g/mol. The summed E-state index contributed by atoms with van der Waals surface area (Å²) in [5.74, 6) is -1.09. The molecule has 0 heterocycles. The number of amides is 2. The van der Waals surface area contributed by atoms with Crippen LogP contribution in [0.3, 0.4) is 0 Å². The molecule has 0 rings (SSSR count). The Hall–Kier alpha value is -1.59. The average Bonchev–Trinajstić information content (AvgIpc) is 2.25. The molecule has 6 heteroatoms. The van der Waals surface area contributed by atoms with Gasteiger partial charge in [0, 0.05) is 39.9 Å². The smallest absolute Gasteiger partial charge is 0.303 e. The van der Waals surface area contributed by atoms with Crippen molar-refractivity contribution in [3.05, 3.63) is 0 Å². The number of carboxylic acid groups (broad SMARTS) is 1. The highest BCUT2D eigenvalue weighted by atomic mass is 16.4. The summed E-state index contributed by atoms with van der Waals surface area (Å²) in [7, 11) is 3.35. The minimum atomic E-state index is -0.867. The molecule has 0 aromatic heterocycles. The van der Waals surface area contributed by atoms with E-state index in [4.69, 9.17) is 5.11 Å². The Labute approximate surface area is 107 Å². The molecule has 1 atom stereocenters. The number of aliphatic carboxylic acids is 1. The van der Waals surface area contributed by atoms with Crippen LogP contribution in [-0.4, -0.2) is 48.4 Å². The molecule has 0 saturated heterocycles. The van der Waals surface area contributed by atoms with Crippen molar-refractivity contribution < 1.29 is 19.5 Å². The Morgan fingerprint density at radius 2 is 1.83 bits per heavy atom. The van der Waals surface area contributed by atoms with Crippen molar-refractivity contribution in [3.8, 4) is 0 Å². The van der Waals surface area contributed by atoms with Gasteiger partial charge in [0.15, 0.2) is 0 Å². The van der Waals surface area contributed by atoms with E-state index in [1.165, 1.54) is 4.90 Å². The molecule has 0 aliphatic carbocycles. The lowest BCUT2D eigenvalue weighted by atomic mass is 10.1. The van der Waals surface area contributed by atoms with Gasteiger partial charge in [-0.2, -0.15) is 0 Å². The molecular weight excluding hydrogens is 236 g/mol. The number of hydrogen-bond acceptors (Lipinski definition) is 3. The highest BCUT2D eigenvalue weighted by Gasteiger charge is 2.10. The number of hydrogen-bond donors (Lipinski definition) is 2. The molecule has 0 aromatic carbocycles. The number of carbonyl (C=O) groups is 3. The highest BCUT2D eigenvalue weighted by Crippen LogP contribution is 2.01. The fourth-order valence-corrected chi connectivity index (χ4v) is 1.37. The lowest BCUT2D eigenvalue weighted by Gasteiger charge is -2.11. The van der Waals surface area contributed by atoms with E-state index in [9.17, 15) is 14.4 Å². The normalized spacial score (nSPS) is 11.7. The first-order chi connectivity index (χ1) is 8.32. The van der Waals surface area contributed by atoms with Crippen molar-refractivity contribution in [2.24, 2.45) is 5.92 Å². The van der Waals surface area contributed by atoms with E-state index >= 15 is 0 Å². The molecule has 1 unspecified atom stereocenters. The second-order valence-electron chi connectivity index (χ2n) is 4.65. The van der Waals surface area contributed by atoms with Crippen LogP contribution in [0.25, 0.3) is 0 Å². The quantitative estimate of drug-likeness (QED) is 0.662. The van der Waals surface area contributed by atoms with Gasteiger partial charge in [-0.15, -0.1) is 0 Å². The maximum Gasteiger partial charge on any atom is 0.303 e. The van der Waals surface area contributed by atoms with Crippen LogP contribution in [0, 0.1) is 5.92 Å². The molecule has 0 fully saturated rings. The van der Waals surface area contributed by atoms with Crippen LogP contribution in [0.5, 0.6) is 0 Å². The molecule has 0 spiro atoms. The fourth-order valence-electron chi connectivity index (χ4n) is 1.37. The zero-order valence-corrected chi connectivity index (χ0v) is 11.2. The first-order valence-corrected chi connectivity index (χ1v) is 6.01. The minimum absolute atomic E-state index is 0.00189. The Morgan fingerprint density at radius 3 is 2.33 bits per heavy atom. The Morgan fingerprint density at radius 1 is 1.22 bits per heavy atom. The lowest BCUT2D eigenvalue weighted by Crippen LogP contribution is -2.29. The van der Waals surface area contributed by atoms with Crippen molar-refractivity contribution in [2.45, 2.75) is 32.6 Å². The first-order valence-electron chi connectivity index (χ1n) is 6.01. The van der Waals surface area contributed by atoms with E-state index in [1.54, 1.807) is 21.0 Å². The predicted molar refractivity (Wildman–Crippen MR) is 67.0 cm³/mol. The van der Waals surface area contributed by atoms with Gasteiger partial charge in [0.05, 0.1) is 0 Å². The van der Waals surface area contributed by atoms with Gasteiger partial charge in [-0.1, -0.05) is 6.92 Å². The molecule has 0 aliphatic rings. The summed E-state index contributed by atoms with van der Waals surface area (Å²) in [6, 6.07) is 0. The number of carbonyl (C=O) groups excluding carboxylic acids is 2. The van der Waals surface area contributed by atoms with Gasteiger partial charge in [0.2, 0.25) is 11.8 Å². The number of rotatable bonds is 8. The summed E-state index contributed by atoms with van der Waals surface area (Å²) in [5.41, 5.74) is 0. The van der Waals surface area contributed by atoms with Gasteiger partial charge in [-0.3, -0.25) is 14.4 Å². The second-order valence-corrected chi connectivity index (χ2v) is 4.65. The Bertz CT molecular complexity index is 302. The molecule has 0 saturated carbocycles. The van der Waals surface area contributed by atoms with Crippen LogP contribution in [0.4, 0.5) is 0 Å². The third-order valence-electron chi connectivity index (χ3n) is 2.46. The van der Waals surface area contributed by atoms with Gasteiger partial charge in [0.1, 0.15) is 0 Å². The topological polar surface area (TPSA) is 86.7 Å². The lowest BCUT2D eigenvalue weighted by molar-refractivity contribution is -0.138. The monoisotopic (exact) mass is 258 g/mol. The fraction of sp³-hybridized carbons (Fsp3) is 0.750. The van der Waals surface area contributed by atoms with E-state index in [-0.39, 0.29) is 24.2 Å². The molecule has 2 N–H and O–H groups in total. The molecule has 104 valence electrons. The summed E-state index contributed by atoms with van der Waals surface area (Å²) in [6.45, 7) is 2.12. The molecular formula is C12H22N2O4. The third-order valence-corrected chi connectivity index (χ3v) is 2.46. The predicted octanol–water partition coefficient (Wildman–Crippen LogP) is 0.472. The van der Waals surface area contributed by atoms with Crippen LogP contribution in [-0.2, 0) is 14.4 Å². The van der Waals surface area contributed by atoms with E-state index in [1.807, 2.05) is 0 Å². The van der Waals surface area contributed by atoms with Gasteiger partial charge in [-0.05, 0) is 12.3 Å². The van der Waals surface area contributed by atoms with Crippen LogP contribution >= 0.6 is 0 Å². The number of carboxylic acids is 1. The largest absolute Gasteiger partial charge is 0.481 e. The maximum atomic E-state index is 11.4.